The second-order valence-electron chi connectivity index (χ2n) is 5.30. The lowest BCUT2D eigenvalue weighted by molar-refractivity contribution is -0.140. The van der Waals surface area contributed by atoms with Crippen LogP contribution in [-0.2, 0) is 9.53 Å². The maximum atomic E-state index is 11.6. The van der Waals surface area contributed by atoms with Crippen LogP contribution in [0.4, 0.5) is 0 Å². The molecule has 96 valence electrons. The highest BCUT2D eigenvalue weighted by atomic mass is 16.5. The van der Waals surface area contributed by atoms with E-state index < -0.39 is 5.60 Å². The average molecular weight is 229 g/mol. The van der Waals surface area contributed by atoms with Gasteiger partial charge in [-0.3, -0.25) is 4.79 Å². The van der Waals surface area contributed by atoms with Gasteiger partial charge >= 0.3 is 0 Å². The molecular weight excluding hydrogens is 202 g/mol. The molecule has 0 rings (SSSR count). The van der Waals surface area contributed by atoms with Crippen molar-refractivity contribution in [2.45, 2.75) is 65.5 Å². The lowest BCUT2D eigenvalue weighted by Crippen LogP contribution is -2.42. The second kappa shape index (κ2) is 6.36. The molecule has 0 aromatic carbocycles. The lowest BCUT2D eigenvalue weighted by Gasteiger charge is -2.29. The molecule has 3 heteroatoms. The van der Waals surface area contributed by atoms with Crippen molar-refractivity contribution in [2.24, 2.45) is 0 Å². The Morgan fingerprint density at radius 2 is 1.75 bits per heavy atom. The molecule has 0 amide bonds. The van der Waals surface area contributed by atoms with E-state index in [0.717, 1.165) is 13.0 Å². The van der Waals surface area contributed by atoms with Crippen molar-refractivity contribution in [1.29, 1.82) is 0 Å². The predicted octanol–water partition coefficient (Wildman–Crippen LogP) is 2.54. The minimum absolute atomic E-state index is 0.0695. The molecule has 0 aliphatic rings. The largest absolute Gasteiger partial charge is 0.368 e. The van der Waals surface area contributed by atoms with Crippen LogP contribution < -0.4 is 5.32 Å². The Labute approximate surface area is 99.9 Å². The molecule has 0 aliphatic heterocycles. The Bertz CT molecular complexity index is 222. The number of ether oxygens (including phenoxy) is 1. The Morgan fingerprint density at radius 3 is 2.19 bits per heavy atom. The van der Waals surface area contributed by atoms with Gasteiger partial charge in [0.25, 0.3) is 0 Å². The molecule has 0 fully saturated rings. The van der Waals surface area contributed by atoms with Gasteiger partial charge in [-0.1, -0.05) is 13.8 Å². The van der Waals surface area contributed by atoms with Crippen LogP contribution in [-0.4, -0.2) is 30.1 Å². The third-order valence-corrected chi connectivity index (χ3v) is 2.84. The Hall–Kier alpha value is -0.410. The number of carbonyl (C=O) groups is 1. The van der Waals surface area contributed by atoms with Crippen molar-refractivity contribution in [3.05, 3.63) is 0 Å². The van der Waals surface area contributed by atoms with Gasteiger partial charge in [0.05, 0.1) is 0 Å². The Morgan fingerprint density at radius 1 is 1.19 bits per heavy atom. The predicted molar refractivity (Wildman–Crippen MR) is 67.7 cm³/mol. The molecule has 16 heavy (non-hydrogen) atoms. The molecule has 0 radical (unpaired) electrons. The fourth-order valence-electron chi connectivity index (χ4n) is 1.63. The normalized spacial score (nSPS) is 12.9. The van der Waals surface area contributed by atoms with E-state index in [1.54, 1.807) is 0 Å². The van der Waals surface area contributed by atoms with Crippen LogP contribution >= 0.6 is 0 Å². The Balaban J connectivity index is 4.02. The highest BCUT2D eigenvalue weighted by Gasteiger charge is 2.27. The van der Waals surface area contributed by atoms with Crippen LogP contribution in [0.3, 0.4) is 0 Å². The minimum atomic E-state index is -0.642. The van der Waals surface area contributed by atoms with Crippen LogP contribution in [0, 0.1) is 0 Å². The summed E-state index contributed by atoms with van der Waals surface area (Å²) in [4.78, 5) is 11.6. The van der Waals surface area contributed by atoms with Crippen LogP contribution in [0.2, 0.25) is 0 Å². The molecule has 0 saturated carbocycles. The number of hydrogen-bond donors (Lipinski definition) is 1. The molecule has 0 unspecified atom stereocenters. The summed E-state index contributed by atoms with van der Waals surface area (Å²) in [6.07, 6.45) is 1.44. The van der Waals surface area contributed by atoms with E-state index in [9.17, 15) is 4.79 Å². The molecule has 0 bridgehead atoms. The van der Waals surface area contributed by atoms with Crippen molar-refractivity contribution in [2.75, 3.05) is 13.2 Å². The first-order valence-corrected chi connectivity index (χ1v) is 6.17. The molecular formula is C13H27NO2. The topological polar surface area (TPSA) is 38.3 Å². The number of hydrogen-bond acceptors (Lipinski definition) is 3. The summed E-state index contributed by atoms with van der Waals surface area (Å²) in [5.41, 5.74) is -0.572. The summed E-state index contributed by atoms with van der Waals surface area (Å²) in [7, 11) is 0. The zero-order valence-corrected chi connectivity index (χ0v) is 11.6. The molecule has 0 aromatic rings. The molecule has 0 atom stereocenters. The summed E-state index contributed by atoms with van der Waals surface area (Å²) in [6.45, 7) is 13.5. The van der Waals surface area contributed by atoms with Gasteiger partial charge in [0.2, 0.25) is 0 Å². The summed E-state index contributed by atoms with van der Waals surface area (Å²) in [6, 6.07) is 0. The first kappa shape index (κ1) is 15.6. The van der Waals surface area contributed by atoms with Gasteiger partial charge in [0, 0.05) is 18.6 Å². The highest BCUT2D eigenvalue weighted by Crippen LogP contribution is 2.16. The number of ketones is 1. The lowest BCUT2D eigenvalue weighted by atomic mass is 9.99. The van der Waals surface area contributed by atoms with Gasteiger partial charge in [0.1, 0.15) is 5.60 Å². The van der Waals surface area contributed by atoms with Gasteiger partial charge in [-0.15, -0.1) is 0 Å². The third-order valence-electron chi connectivity index (χ3n) is 2.84. The van der Waals surface area contributed by atoms with E-state index in [-0.39, 0.29) is 11.3 Å². The van der Waals surface area contributed by atoms with Crippen molar-refractivity contribution in [3.8, 4) is 0 Å². The smallest absolute Gasteiger partial charge is 0.163 e. The van der Waals surface area contributed by atoms with Crippen molar-refractivity contribution >= 4 is 5.78 Å². The zero-order valence-electron chi connectivity index (χ0n) is 11.6. The number of nitrogens with one attached hydrogen (secondary N) is 1. The first-order chi connectivity index (χ1) is 7.25. The molecule has 0 saturated heterocycles. The second-order valence-corrected chi connectivity index (χ2v) is 5.30. The van der Waals surface area contributed by atoms with Crippen LogP contribution in [0.5, 0.6) is 0 Å². The minimum Gasteiger partial charge on any atom is -0.368 e. The fraction of sp³-hybridized carbons (Fsp3) is 0.923. The molecule has 0 heterocycles. The van der Waals surface area contributed by atoms with E-state index in [4.69, 9.17) is 4.74 Å². The van der Waals surface area contributed by atoms with E-state index >= 15 is 0 Å². The van der Waals surface area contributed by atoms with Gasteiger partial charge in [-0.2, -0.15) is 0 Å². The van der Waals surface area contributed by atoms with E-state index in [0.29, 0.717) is 13.0 Å². The molecule has 0 aromatic heterocycles. The molecule has 3 nitrogen and oxygen atoms in total. The van der Waals surface area contributed by atoms with E-state index in [1.807, 2.05) is 20.8 Å². The molecule has 0 aliphatic carbocycles. The monoisotopic (exact) mass is 229 g/mol. The maximum Gasteiger partial charge on any atom is 0.163 e. The Kier molecular flexibility index (Phi) is 6.19. The quantitative estimate of drug-likeness (QED) is 0.695. The maximum absolute atomic E-state index is 11.6. The summed E-state index contributed by atoms with van der Waals surface area (Å²) in [5, 5.41) is 3.39. The first-order valence-electron chi connectivity index (χ1n) is 6.17. The third kappa shape index (κ3) is 5.61. The SMILES string of the molecule is CCNC(C)(C)CCOC(C)(C)C(=O)CC. The van der Waals surface area contributed by atoms with Gasteiger partial charge < -0.3 is 10.1 Å². The summed E-state index contributed by atoms with van der Waals surface area (Å²) >= 11 is 0. The fourth-order valence-corrected chi connectivity index (χ4v) is 1.63. The van der Waals surface area contributed by atoms with Gasteiger partial charge in [-0.25, -0.2) is 0 Å². The van der Waals surface area contributed by atoms with E-state index in [1.165, 1.54) is 0 Å². The highest BCUT2D eigenvalue weighted by molar-refractivity contribution is 5.86. The van der Waals surface area contributed by atoms with Crippen molar-refractivity contribution in [3.63, 3.8) is 0 Å². The standard InChI is InChI=1S/C13H27NO2/c1-7-11(15)13(5,6)16-10-9-12(3,4)14-8-2/h14H,7-10H2,1-6H3. The van der Waals surface area contributed by atoms with Gasteiger partial charge in [-0.05, 0) is 40.7 Å². The van der Waals surface area contributed by atoms with Crippen LogP contribution in [0.15, 0.2) is 0 Å². The van der Waals surface area contributed by atoms with Crippen LogP contribution in [0.25, 0.3) is 0 Å². The van der Waals surface area contributed by atoms with Crippen LogP contribution in [0.1, 0.15) is 54.4 Å². The summed E-state index contributed by atoms with van der Waals surface area (Å²) < 4.78 is 5.67. The number of carbonyl (C=O) groups excluding carboxylic acids is 1. The van der Waals surface area contributed by atoms with Gasteiger partial charge in [0.15, 0.2) is 5.78 Å². The molecule has 0 spiro atoms. The molecule has 1 N–H and O–H groups in total. The van der Waals surface area contributed by atoms with E-state index in [2.05, 4.69) is 26.1 Å². The van der Waals surface area contributed by atoms with Crippen molar-refractivity contribution < 1.29 is 9.53 Å². The average Bonchev–Trinajstić information content (AvgIpc) is 2.15. The van der Waals surface area contributed by atoms with Crippen molar-refractivity contribution in [1.82, 2.24) is 5.32 Å². The zero-order chi connectivity index (χ0) is 12.8. The number of rotatable bonds is 8. The number of Topliss-reactive ketones (excluding diaryl/α,β-unsaturated/α-hetero) is 1. The summed E-state index contributed by atoms with van der Waals surface area (Å²) in [5.74, 6) is 0.161.